The first-order valence-electron chi connectivity index (χ1n) is 10.8. The van der Waals surface area contributed by atoms with Crippen molar-refractivity contribution in [2.45, 2.75) is 33.0 Å². The second-order valence-electron chi connectivity index (χ2n) is 7.75. The van der Waals surface area contributed by atoms with Crippen LogP contribution in [0.15, 0.2) is 40.9 Å². The van der Waals surface area contributed by atoms with Gasteiger partial charge in [0.2, 0.25) is 0 Å². The summed E-state index contributed by atoms with van der Waals surface area (Å²) in [6, 6.07) is 10.9. The molecule has 0 aromatic heterocycles. The van der Waals surface area contributed by atoms with E-state index in [-0.39, 0.29) is 24.7 Å². The Morgan fingerprint density at radius 2 is 1.85 bits per heavy atom. The monoisotopic (exact) mass is 536 g/mol. The summed E-state index contributed by atoms with van der Waals surface area (Å²) in [6.45, 7) is 7.87. The molecule has 2 atom stereocenters. The highest BCUT2D eigenvalue weighted by atomic mass is 79.9. The molecule has 1 N–H and O–H groups in total. The van der Waals surface area contributed by atoms with E-state index in [0.717, 1.165) is 29.4 Å². The molecular formula is C24H29BrN2O5S. The Morgan fingerprint density at radius 3 is 2.45 bits per heavy atom. The highest BCUT2D eigenvalue weighted by molar-refractivity contribution is 9.10. The number of methoxy groups -OCH3 is 1. The lowest BCUT2D eigenvalue weighted by Crippen LogP contribution is -2.47. The average Bonchev–Trinajstić information content (AvgIpc) is 2.78. The van der Waals surface area contributed by atoms with Crippen LogP contribution in [-0.4, -0.2) is 61.4 Å². The van der Waals surface area contributed by atoms with Crippen LogP contribution in [0.4, 0.5) is 5.69 Å². The van der Waals surface area contributed by atoms with Gasteiger partial charge in [-0.25, -0.2) is 0 Å². The predicted molar refractivity (Wildman–Crippen MR) is 136 cm³/mol. The average molecular weight is 537 g/mol. The number of hydrogen-bond acceptors (Lipinski definition) is 6. The summed E-state index contributed by atoms with van der Waals surface area (Å²) in [4.78, 5) is 15.2. The second-order valence-corrected chi connectivity index (χ2v) is 8.99. The molecule has 2 aromatic carbocycles. The molecule has 0 spiro atoms. The van der Waals surface area contributed by atoms with Crippen molar-refractivity contribution in [3.8, 4) is 17.2 Å². The van der Waals surface area contributed by atoms with Crippen LogP contribution in [0.5, 0.6) is 17.2 Å². The van der Waals surface area contributed by atoms with Crippen molar-refractivity contribution in [3.05, 3.63) is 46.4 Å². The first-order valence-corrected chi connectivity index (χ1v) is 12.0. The van der Waals surface area contributed by atoms with Crippen molar-refractivity contribution in [1.82, 2.24) is 4.90 Å². The normalized spacial score (nSPS) is 17.9. The summed E-state index contributed by atoms with van der Waals surface area (Å²) in [5.74, 6) is 1.39. The zero-order valence-corrected chi connectivity index (χ0v) is 21.6. The lowest BCUT2D eigenvalue weighted by atomic mass is 10.1. The standard InChI is InChI=1S/C24H29BrN2O5S/c1-5-30-19-8-6-18(7-9-19)26-22(28)14-31-23-20(25)10-17(11-21(23)29-4)24(33)27-12-15(2)32-16(3)13-27/h6-11,15-16H,5,12-14H2,1-4H3,(H,26,28)/t15-,16-/m1/s1. The van der Waals surface area contributed by atoms with E-state index in [1.165, 1.54) is 0 Å². The third-order valence-corrected chi connectivity index (χ3v) is 6.06. The number of carbonyl (C=O) groups is 1. The van der Waals surface area contributed by atoms with Crippen LogP contribution >= 0.6 is 28.1 Å². The molecule has 33 heavy (non-hydrogen) atoms. The van der Waals surface area contributed by atoms with E-state index in [9.17, 15) is 4.79 Å². The molecular weight excluding hydrogens is 508 g/mol. The van der Waals surface area contributed by atoms with Gasteiger partial charge in [0.1, 0.15) is 10.7 Å². The largest absolute Gasteiger partial charge is 0.494 e. The third-order valence-electron chi connectivity index (χ3n) is 4.98. The van der Waals surface area contributed by atoms with E-state index in [0.29, 0.717) is 28.3 Å². The van der Waals surface area contributed by atoms with Gasteiger partial charge in [0, 0.05) is 24.3 Å². The number of morpholine rings is 1. The minimum absolute atomic E-state index is 0.105. The summed E-state index contributed by atoms with van der Waals surface area (Å²) in [5.41, 5.74) is 1.49. The van der Waals surface area contributed by atoms with Crippen LogP contribution in [0, 0.1) is 0 Å². The maximum Gasteiger partial charge on any atom is 0.262 e. The molecule has 3 rings (SSSR count). The SMILES string of the molecule is CCOc1ccc(NC(=O)COc2c(Br)cc(C(=S)N3C[C@@H](C)O[C@H](C)C3)cc2OC)cc1. The van der Waals surface area contributed by atoms with Crippen LogP contribution in [0.2, 0.25) is 0 Å². The Balaban J connectivity index is 1.65. The molecule has 0 radical (unpaired) electrons. The number of nitrogens with zero attached hydrogens (tertiary/aromatic N) is 1. The fourth-order valence-corrected chi connectivity index (χ4v) is 4.47. The Bertz CT molecular complexity index is 976. The smallest absolute Gasteiger partial charge is 0.262 e. The zero-order chi connectivity index (χ0) is 24.0. The summed E-state index contributed by atoms with van der Waals surface area (Å²) in [6.07, 6.45) is 0.210. The summed E-state index contributed by atoms with van der Waals surface area (Å²) < 4.78 is 23.2. The van der Waals surface area contributed by atoms with Gasteiger partial charge in [-0.3, -0.25) is 4.79 Å². The molecule has 2 aromatic rings. The Labute approximate surface area is 208 Å². The van der Waals surface area contributed by atoms with E-state index in [1.54, 1.807) is 31.4 Å². The highest BCUT2D eigenvalue weighted by Gasteiger charge is 2.25. The molecule has 1 heterocycles. The molecule has 0 bridgehead atoms. The Morgan fingerprint density at radius 1 is 1.18 bits per heavy atom. The highest BCUT2D eigenvalue weighted by Crippen LogP contribution is 2.37. The van der Waals surface area contributed by atoms with Crippen molar-refractivity contribution >= 4 is 44.7 Å². The molecule has 0 saturated carbocycles. The molecule has 1 aliphatic rings. The summed E-state index contributed by atoms with van der Waals surface area (Å²) >= 11 is 9.28. The second kappa shape index (κ2) is 11.7. The van der Waals surface area contributed by atoms with Crippen molar-refractivity contribution in [1.29, 1.82) is 0 Å². The minimum Gasteiger partial charge on any atom is -0.494 e. The molecule has 1 aliphatic heterocycles. The zero-order valence-electron chi connectivity index (χ0n) is 19.2. The molecule has 0 unspecified atom stereocenters. The number of thiocarbonyl (C=S) groups is 1. The van der Waals surface area contributed by atoms with E-state index in [4.69, 9.17) is 31.2 Å². The van der Waals surface area contributed by atoms with Gasteiger partial charge in [-0.1, -0.05) is 12.2 Å². The van der Waals surface area contributed by atoms with Crippen LogP contribution < -0.4 is 19.5 Å². The van der Waals surface area contributed by atoms with E-state index in [2.05, 4.69) is 26.1 Å². The molecule has 7 nitrogen and oxygen atoms in total. The molecule has 9 heteroatoms. The fourth-order valence-electron chi connectivity index (χ4n) is 3.65. The number of ether oxygens (including phenoxy) is 4. The van der Waals surface area contributed by atoms with Gasteiger partial charge in [0.25, 0.3) is 5.91 Å². The van der Waals surface area contributed by atoms with Crippen LogP contribution in [-0.2, 0) is 9.53 Å². The fraction of sp³-hybridized carbons (Fsp3) is 0.417. The lowest BCUT2D eigenvalue weighted by Gasteiger charge is -2.37. The van der Waals surface area contributed by atoms with Crippen LogP contribution in [0.3, 0.4) is 0 Å². The maximum absolute atomic E-state index is 12.4. The summed E-state index contributed by atoms with van der Waals surface area (Å²) in [7, 11) is 1.56. The number of nitrogens with one attached hydrogen (secondary N) is 1. The van der Waals surface area contributed by atoms with Crippen molar-refractivity contribution in [3.63, 3.8) is 0 Å². The summed E-state index contributed by atoms with van der Waals surface area (Å²) in [5, 5.41) is 2.80. The molecule has 1 amide bonds. The van der Waals surface area contributed by atoms with E-state index >= 15 is 0 Å². The van der Waals surface area contributed by atoms with Crippen molar-refractivity contribution in [2.24, 2.45) is 0 Å². The lowest BCUT2D eigenvalue weighted by molar-refractivity contribution is -0.118. The quantitative estimate of drug-likeness (QED) is 0.492. The van der Waals surface area contributed by atoms with Crippen molar-refractivity contribution < 1.29 is 23.7 Å². The van der Waals surface area contributed by atoms with Gasteiger partial charge in [-0.15, -0.1) is 0 Å². The van der Waals surface area contributed by atoms with Crippen molar-refractivity contribution in [2.75, 3.05) is 38.7 Å². The number of rotatable bonds is 8. The molecule has 1 saturated heterocycles. The Hall–Kier alpha value is -2.36. The van der Waals surface area contributed by atoms with E-state index < -0.39 is 0 Å². The number of carbonyl (C=O) groups excluding carboxylic acids is 1. The minimum atomic E-state index is -0.288. The predicted octanol–water partition coefficient (Wildman–Crippen LogP) is 4.66. The third kappa shape index (κ3) is 6.82. The van der Waals surface area contributed by atoms with Crippen LogP contribution in [0.25, 0.3) is 0 Å². The molecule has 1 fully saturated rings. The number of anilines is 1. The van der Waals surface area contributed by atoms with E-state index in [1.807, 2.05) is 32.9 Å². The molecule has 178 valence electrons. The number of halogens is 1. The number of hydrogen-bond donors (Lipinski definition) is 1. The number of amides is 1. The van der Waals surface area contributed by atoms with Crippen LogP contribution in [0.1, 0.15) is 26.3 Å². The van der Waals surface area contributed by atoms with Gasteiger partial charge in [-0.05, 0) is 73.1 Å². The van der Waals surface area contributed by atoms with Gasteiger partial charge in [0.15, 0.2) is 18.1 Å². The molecule has 0 aliphatic carbocycles. The first kappa shape index (κ1) is 25.3. The van der Waals surface area contributed by atoms with Gasteiger partial charge in [0.05, 0.1) is 30.4 Å². The topological polar surface area (TPSA) is 69.3 Å². The maximum atomic E-state index is 12.4. The number of benzene rings is 2. The van der Waals surface area contributed by atoms with Gasteiger partial charge < -0.3 is 29.2 Å². The van der Waals surface area contributed by atoms with Gasteiger partial charge in [-0.2, -0.15) is 0 Å². The van der Waals surface area contributed by atoms with Gasteiger partial charge >= 0.3 is 0 Å². The Kier molecular flexibility index (Phi) is 8.94. The first-order chi connectivity index (χ1) is 15.8.